The second-order valence-electron chi connectivity index (χ2n) is 7.43. The van der Waals surface area contributed by atoms with Gasteiger partial charge in [-0.25, -0.2) is 4.98 Å². The molecule has 1 amide bonds. The summed E-state index contributed by atoms with van der Waals surface area (Å²) in [6, 6.07) is 9.82. The third kappa shape index (κ3) is 4.43. The second-order valence-corrected chi connectivity index (χ2v) is 7.43. The predicted octanol–water partition coefficient (Wildman–Crippen LogP) is 1.52. The summed E-state index contributed by atoms with van der Waals surface area (Å²) in [5, 5.41) is 4.06. The highest BCUT2D eigenvalue weighted by Crippen LogP contribution is 2.24. The molecule has 3 heterocycles. The lowest BCUT2D eigenvalue weighted by molar-refractivity contribution is 0.0342. The minimum Gasteiger partial charge on any atom is -0.379 e. The van der Waals surface area contributed by atoms with Crippen LogP contribution in [0.3, 0.4) is 0 Å². The van der Waals surface area contributed by atoms with Crippen molar-refractivity contribution in [2.24, 2.45) is 0 Å². The first-order valence-corrected chi connectivity index (χ1v) is 10.0. The van der Waals surface area contributed by atoms with Crippen LogP contribution in [-0.2, 0) is 9.47 Å². The van der Waals surface area contributed by atoms with Crippen molar-refractivity contribution in [2.75, 3.05) is 64.1 Å². The molecule has 2 saturated heterocycles. The molecule has 0 unspecified atom stereocenters. The van der Waals surface area contributed by atoms with Crippen molar-refractivity contribution in [3.05, 3.63) is 35.9 Å². The number of aromatic nitrogens is 1. The fourth-order valence-electron chi connectivity index (χ4n) is 3.82. The van der Waals surface area contributed by atoms with Gasteiger partial charge in [0.05, 0.1) is 37.5 Å². The Hall–Kier alpha value is -2.22. The molecular weight excluding hydrogens is 356 g/mol. The largest absolute Gasteiger partial charge is 0.379 e. The number of rotatable bonds is 5. The van der Waals surface area contributed by atoms with Gasteiger partial charge < -0.3 is 19.7 Å². The number of carbonyl (C=O) groups excluding carboxylic acids is 1. The molecule has 1 aromatic heterocycles. The number of benzene rings is 1. The van der Waals surface area contributed by atoms with E-state index < -0.39 is 0 Å². The third-order valence-electron chi connectivity index (χ3n) is 5.30. The van der Waals surface area contributed by atoms with Crippen molar-refractivity contribution in [3.8, 4) is 0 Å². The van der Waals surface area contributed by atoms with E-state index in [0.717, 1.165) is 62.7 Å². The van der Waals surface area contributed by atoms with Gasteiger partial charge in [-0.15, -0.1) is 0 Å². The van der Waals surface area contributed by atoms with Crippen molar-refractivity contribution < 1.29 is 14.3 Å². The Kier molecular flexibility index (Phi) is 6.04. The SMILES string of the molecule is C[C@H](CN1CCOCC1)NC(=O)c1cc(N2CCOCC2)nc2ccccc12. The van der Waals surface area contributed by atoms with E-state index in [1.807, 2.05) is 30.3 Å². The van der Waals surface area contributed by atoms with Crippen molar-refractivity contribution in [2.45, 2.75) is 13.0 Å². The number of nitrogens with one attached hydrogen (secondary N) is 1. The minimum absolute atomic E-state index is 0.0473. The lowest BCUT2D eigenvalue weighted by Crippen LogP contribution is -2.46. The van der Waals surface area contributed by atoms with Crippen LogP contribution in [-0.4, -0.2) is 81.0 Å². The van der Waals surface area contributed by atoms with Crippen LogP contribution < -0.4 is 10.2 Å². The third-order valence-corrected chi connectivity index (χ3v) is 5.30. The van der Waals surface area contributed by atoms with E-state index in [4.69, 9.17) is 14.5 Å². The van der Waals surface area contributed by atoms with Gasteiger partial charge in [0.2, 0.25) is 0 Å². The number of hydrogen-bond acceptors (Lipinski definition) is 6. The van der Waals surface area contributed by atoms with Gasteiger partial charge in [-0.3, -0.25) is 9.69 Å². The summed E-state index contributed by atoms with van der Waals surface area (Å²) in [7, 11) is 0. The van der Waals surface area contributed by atoms with Crippen molar-refractivity contribution >= 4 is 22.6 Å². The maximum atomic E-state index is 13.1. The quantitative estimate of drug-likeness (QED) is 0.843. The zero-order valence-electron chi connectivity index (χ0n) is 16.4. The number of morpholine rings is 2. The van der Waals surface area contributed by atoms with Crippen LogP contribution in [0.25, 0.3) is 10.9 Å². The van der Waals surface area contributed by atoms with Gasteiger partial charge in [0.1, 0.15) is 5.82 Å². The van der Waals surface area contributed by atoms with E-state index in [1.54, 1.807) is 0 Å². The molecular formula is C21H28N4O3. The predicted molar refractivity (Wildman–Crippen MR) is 109 cm³/mol. The Balaban J connectivity index is 1.54. The average molecular weight is 384 g/mol. The van der Waals surface area contributed by atoms with Gasteiger partial charge in [-0.05, 0) is 19.1 Å². The summed E-state index contributed by atoms with van der Waals surface area (Å²) in [4.78, 5) is 22.4. The number of nitrogens with zero attached hydrogens (tertiary/aromatic N) is 3. The van der Waals surface area contributed by atoms with E-state index in [9.17, 15) is 4.79 Å². The molecule has 1 atom stereocenters. The minimum atomic E-state index is -0.0473. The van der Waals surface area contributed by atoms with Crippen molar-refractivity contribution in [1.82, 2.24) is 15.2 Å². The summed E-state index contributed by atoms with van der Waals surface area (Å²) >= 11 is 0. The van der Waals surface area contributed by atoms with E-state index in [2.05, 4.69) is 22.0 Å². The first kappa shape index (κ1) is 19.1. The standard InChI is InChI=1S/C21H28N4O3/c1-16(15-24-6-10-27-11-7-24)22-21(26)18-14-20(25-8-12-28-13-9-25)23-19-5-3-2-4-17(18)19/h2-5,14,16H,6-13,15H2,1H3,(H,22,26)/t16-/m1/s1. The van der Waals surface area contributed by atoms with E-state index in [0.29, 0.717) is 18.8 Å². The number of pyridine rings is 1. The molecule has 7 heteroatoms. The summed E-state index contributed by atoms with van der Waals surface area (Å²) in [6.45, 7) is 9.20. The van der Waals surface area contributed by atoms with Gasteiger partial charge in [0.15, 0.2) is 0 Å². The van der Waals surface area contributed by atoms with Gasteiger partial charge in [0.25, 0.3) is 5.91 Å². The smallest absolute Gasteiger partial charge is 0.252 e. The van der Waals surface area contributed by atoms with Crippen LogP contribution >= 0.6 is 0 Å². The lowest BCUT2D eigenvalue weighted by Gasteiger charge is -2.30. The van der Waals surface area contributed by atoms with Crippen LogP contribution in [0.4, 0.5) is 5.82 Å². The molecule has 2 aliphatic rings. The molecule has 1 N–H and O–H groups in total. The molecule has 2 aromatic rings. The number of carbonyl (C=O) groups is 1. The fraction of sp³-hybridized carbons (Fsp3) is 0.524. The molecule has 0 radical (unpaired) electrons. The molecule has 0 bridgehead atoms. The molecule has 2 fully saturated rings. The first-order valence-electron chi connectivity index (χ1n) is 10.0. The molecule has 28 heavy (non-hydrogen) atoms. The number of hydrogen-bond donors (Lipinski definition) is 1. The average Bonchev–Trinajstić information content (AvgIpc) is 2.74. The number of anilines is 1. The highest BCUT2D eigenvalue weighted by Gasteiger charge is 2.20. The summed E-state index contributed by atoms with van der Waals surface area (Å²) in [5.74, 6) is 0.793. The number of amides is 1. The van der Waals surface area contributed by atoms with Crippen LogP contribution in [0.2, 0.25) is 0 Å². The van der Waals surface area contributed by atoms with Gasteiger partial charge in [-0.2, -0.15) is 0 Å². The topological polar surface area (TPSA) is 66.9 Å². The van der Waals surface area contributed by atoms with E-state index in [-0.39, 0.29) is 11.9 Å². The molecule has 7 nitrogen and oxygen atoms in total. The fourth-order valence-corrected chi connectivity index (χ4v) is 3.82. The van der Waals surface area contributed by atoms with Gasteiger partial charge in [0, 0.05) is 44.2 Å². The maximum absolute atomic E-state index is 13.1. The molecule has 150 valence electrons. The lowest BCUT2D eigenvalue weighted by atomic mass is 10.1. The molecule has 0 aliphatic carbocycles. The Morgan fingerprint density at radius 3 is 2.54 bits per heavy atom. The van der Waals surface area contributed by atoms with Crippen LogP contribution in [0, 0.1) is 0 Å². The summed E-state index contributed by atoms with van der Waals surface area (Å²) in [5.41, 5.74) is 1.53. The zero-order valence-corrected chi connectivity index (χ0v) is 16.4. The van der Waals surface area contributed by atoms with Crippen LogP contribution in [0.1, 0.15) is 17.3 Å². The van der Waals surface area contributed by atoms with E-state index >= 15 is 0 Å². The second kappa shape index (κ2) is 8.86. The number of fused-ring (bicyclic) bond motifs is 1. The molecule has 0 spiro atoms. The monoisotopic (exact) mass is 384 g/mol. The summed E-state index contributed by atoms with van der Waals surface area (Å²) in [6.07, 6.45) is 0. The highest BCUT2D eigenvalue weighted by molar-refractivity contribution is 6.07. The van der Waals surface area contributed by atoms with E-state index in [1.165, 1.54) is 0 Å². The van der Waals surface area contributed by atoms with Gasteiger partial charge in [-0.1, -0.05) is 18.2 Å². The highest BCUT2D eigenvalue weighted by atomic mass is 16.5. The van der Waals surface area contributed by atoms with Crippen LogP contribution in [0.15, 0.2) is 30.3 Å². The Morgan fingerprint density at radius 2 is 1.79 bits per heavy atom. The Bertz CT molecular complexity index is 816. The molecule has 4 rings (SSSR count). The summed E-state index contributed by atoms with van der Waals surface area (Å²) < 4.78 is 10.9. The molecule has 0 saturated carbocycles. The normalized spacial score (nSPS) is 19.5. The molecule has 2 aliphatic heterocycles. The Morgan fingerprint density at radius 1 is 1.11 bits per heavy atom. The number of para-hydroxylation sites is 1. The van der Waals surface area contributed by atoms with Gasteiger partial charge >= 0.3 is 0 Å². The van der Waals surface area contributed by atoms with Crippen molar-refractivity contribution in [1.29, 1.82) is 0 Å². The van der Waals surface area contributed by atoms with Crippen LogP contribution in [0.5, 0.6) is 0 Å². The van der Waals surface area contributed by atoms with Crippen molar-refractivity contribution in [3.63, 3.8) is 0 Å². The zero-order chi connectivity index (χ0) is 19.3. The molecule has 1 aromatic carbocycles. The maximum Gasteiger partial charge on any atom is 0.252 e. The first-order chi connectivity index (χ1) is 13.7. The Labute approximate surface area is 165 Å². The number of ether oxygens (including phenoxy) is 2.